The average Bonchev–Trinajstić information content (AvgIpc) is 2.61. The molecule has 0 spiro atoms. The van der Waals surface area contributed by atoms with Crippen molar-refractivity contribution >= 4 is 27.3 Å². The van der Waals surface area contributed by atoms with Crippen LogP contribution in [0, 0.1) is 23.0 Å². The summed E-state index contributed by atoms with van der Waals surface area (Å²) in [7, 11) is -4.00. The quantitative estimate of drug-likeness (QED) is 0.515. The molecule has 0 aliphatic rings. The van der Waals surface area contributed by atoms with Gasteiger partial charge in [-0.1, -0.05) is 19.9 Å². The number of benzene rings is 2. The van der Waals surface area contributed by atoms with Crippen molar-refractivity contribution in [3.8, 4) is 0 Å². The first-order valence-corrected chi connectivity index (χ1v) is 10.2. The Kier molecular flexibility index (Phi) is 6.74. The van der Waals surface area contributed by atoms with Crippen LogP contribution in [0.25, 0.3) is 0 Å². The minimum atomic E-state index is -4.00. The SMILES string of the molecule is Cc1ccc(S(=O)(=O)Nc2ccc(C(=O)NCCC(C)C)cc2)cc1[N+](=O)[O-]. The van der Waals surface area contributed by atoms with Crippen molar-refractivity contribution in [3.05, 3.63) is 63.7 Å². The summed E-state index contributed by atoms with van der Waals surface area (Å²) in [6.45, 7) is 6.23. The van der Waals surface area contributed by atoms with Crippen molar-refractivity contribution < 1.29 is 18.1 Å². The maximum absolute atomic E-state index is 12.5. The molecule has 2 aromatic rings. The molecule has 0 bridgehead atoms. The molecule has 0 fully saturated rings. The van der Waals surface area contributed by atoms with Crippen LogP contribution >= 0.6 is 0 Å². The molecule has 2 aromatic carbocycles. The van der Waals surface area contributed by atoms with Crippen LogP contribution in [0.1, 0.15) is 36.2 Å². The van der Waals surface area contributed by atoms with E-state index in [0.717, 1.165) is 12.5 Å². The van der Waals surface area contributed by atoms with Gasteiger partial charge in [0.25, 0.3) is 21.6 Å². The lowest BCUT2D eigenvalue weighted by molar-refractivity contribution is -0.385. The van der Waals surface area contributed by atoms with E-state index in [2.05, 4.69) is 23.9 Å². The topological polar surface area (TPSA) is 118 Å². The van der Waals surface area contributed by atoms with Crippen LogP contribution in [0.15, 0.2) is 47.4 Å². The van der Waals surface area contributed by atoms with Crippen LogP contribution in [-0.2, 0) is 10.0 Å². The van der Waals surface area contributed by atoms with E-state index in [-0.39, 0.29) is 22.2 Å². The lowest BCUT2D eigenvalue weighted by Gasteiger charge is -2.10. The van der Waals surface area contributed by atoms with Gasteiger partial charge in [-0.2, -0.15) is 0 Å². The Labute approximate surface area is 164 Å². The van der Waals surface area contributed by atoms with Crippen LogP contribution < -0.4 is 10.0 Å². The number of hydrogen-bond acceptors (Lipinski definition) is 5. The number of sulfonamides is 1. The zero-order valence-corrected chi connectivity index (χ0v) is 16.7. The van der Waals surface area contributed by atoms with Crippen LogP contribution in [0.5, 0.6) is 0 Å². The van der Waals surface area contributed by atoms with Gasteiger partial charge < -0.3 is 5.32 Å². The summed E-state index contributed by atoms with van der Waals surface area (Å²) in [4.78, 5) is 22.3. The molecule has 0 heterocycles. The van der Waals surface area contributed by atoms with Gasteiger partial charge in [0.15, 0.2) is 0 Å². The monoisotopic (exact) mass is 405 g/mol. The van der Waals surface area contributed by atoms with Gasteiger partial charge in [0.2, 0.25) is 0 Å². The van der Waals surface area contributed by atoms with Gasteiger partial charge >= 0.3 is 0 Å². The maximum atomic E-state index is 12.5. The Morgan fingerprint density at radius 2 is 1.79 bits per heavy atom. The Hall–Kier alpha value is -2.94. The molecule has 1 amide bonds. The Morgan fingerprint density at radius 1 is 1.14 bits per heavy atom. The number of nitro groups is 1. The number of nitrogens with zero attached hydrogens (tertiary/aromatic N) is 1. The number of nitrogens with one attached hydrogen (secondary N) is 2. The predicted octanol–water partition coefficient (Wildman–Crippen LogP) is 3.48. The molecular formula is C19H23N3O5S. The Morgan fingerprint density at radius 3 is 2.36 bits per heavy atom. The molecule has 0 aliphatic carbocycles. The van der Waals surface area contributed by atoms with Gasteiger partial charge in [0.1, 0.15) is 0 Å². The first-order valence-electron chi connectivity index (χ1n) is 8.76. The molecule has 0 saturated carbocycles. The van der Waals surface area contributed by atoms with E-state index < -0.39 is 14.9 Å². The highest BCUT2D eigenvalue weighted by molar-refractivity contribution is 7.92. The standard InChI is InChI=1S/C19H23N3O5S/c1-13(2)10-11-20-19(23)15-5-7-16(8-6-15)21-28(26,27)17-9-4-14(3)18(12-17)22(24)25/h4-9,12-13,21H,10-11H2,1-3H3,(H,20,23). The smallest absolute Gasteiger partial charge is 0.273 e. The number of amides is 1. The molecule has 0 saturated heterocycles. The largest absolute Gasteiger partial charge is 0.352 e. The molecule has 9 heteroatoms. The molecule has 8 nitrogen and oxygen atoms in total. The molecule has 0 aromatic heterocycles. The molecule has 0 unspecified atom stereocenters. The highest BCUT2D eigenvalue weighted by Crippen LogP contribution is 2.24. The summed E-state index contributed by atoms with van der Waals surface area (Å²) < 4.78 is 27.4. The number of hydrogen-bond donors (Lipinski definition) is 2. The fourth-order valence-corrected chi connectivity index (χ4v) is 3.51. The maximum Gasteiger partial charge on any atom is 0.273 e. The molecular weight excluding hydrogens is 382 g/mol. The number of carbonyl (C=O) groups is 1. The van der Waals surface area contributed by atoms with Crippen LogP contribution in [-0.4, -0.2) is 25.8 Å². The predicted molar refractivity (Wildman–Crippen MR) is 107 cm³/mol. The van der Waals surface area contributed by atoms with Crippen LogP contribution in [0.3, 0.4) is 0 Å². The van der Waals surface area contributed by atoms with Crippen molar-refractivity contribution in [1.82, 2.24) is 5.32 Å². The van der Waals surface area contributed by atoms with E-state index in [1.807, 2.05) is 0 Å². The summed E-state index contributed by atoms with van der Waals surface area (Å²) >= 11 is 0. The van der Waals surface area contributed by atoms with Crippen LogP contribution in [0.4, 0.5) is 11.4 Å². The minimum absolute atomic E-state index is 0.208. The molecule has 150 valence electrons. The van der Waals surface area contributed by atoms with E-state index in [4.69, 9.17) is 0 Å². The van der Waals surface area contributed by atoms with Gasteiger partial charge in [-0.25, -0.2) is 8.42 Å². The van der Waals surface area contributed by atoms with Gasteiger partial charge in [-0.3, -0.25) is 19.6 Å². The number of anilines is 1. The summed E-state index contributed by atoms with van der Waals surface area (Å²) in [5.74, 6) is 0.249. The summed E-state index contributed by atoms with van der Waals surface area (Å²) in [6, 6.07) is 9.68. The number of carbonyl (C=O) groups excluding carboxylic acids is 1. The Balaban J connectivity index is 2.12. The minimum Gasteiger partial charge on any atom is -0.352 e. The average molecular weight is 405 g/mol. The van der Waals surface area contributed by atoms with E-state index >= 15 is 0 Å². The fourth-order valence-electron chi connectivity index (χ4n) is 2.43. The van der Waals surface area contributed by atoms with Crippen LogP contribution in [0.2, 0.25) is 0 Å². The molecule has 0 radical (unpaired) electrons. The molecule has 2 N–H and O–H groups in total. The summed E-state index contributed by atoms with van der Waals surface area (Å²) in [5, 5.41) is 13.8. The zero-order valence-electron chi connectivity index (χ0n) is 15.9. The third-order valence-electron chi connectivity index (χ3n) is 4.09. The molecule has 28 heavy (non-hydrogen) atoms. The summed E-state index contributed by atoms with van der Waals surface area (Å²) in [5.41, 5.74) is 0.771. The normalized spacial score (nSPS) is 11.3. The first-order chi connectivity index (χ1) is 13.1. The van der Waals surface area contributed by atoms with Gasteiger partial charge in [0.05, 0.1) is 9.82 Å². The summed E-state index contributed by atoms with van der Waals surface area (Å²) in [6.07, 6.45) is 0.867. The van der Waals surface area contributed by atoms with E-state index in [0.29, 0.717) is 23.6 Å². The van der Waals surface area contributed by atoms with Gasteiger partial charge in [-0.05, 0) is 49.6 Å². The molecule has 0 atom stereocenters. The highest BCUT2D eigenvalue weighted by Gasteiger charge is 2.20. The lowest BCUT2D eigenvalue weighted by atomic mass is 10.1. The van der Waals surface area contributed by atoms with E-state index in [9.17, 15) is 23.3 Å². The zero-order chi connectivity index (χ0) is 20.9. The number of aryl methyl sites for hydroxylation is 1. The highest BCUT2D eigenvalue weighted by atomic mass is 32.2. The molecule has 2 rings (SSSR count). The van der Waals surface area contributed by atoms with Gasteiger partial charge in [0, 0.05) is 29.4 Å². The third kappa shape index (κ3) is 5.53. The van der Waals surface area contributed by atoms with Gasteiger partial charge in [-0.15, -0.1) is 0 Å². The second kappa shape index (κ2) is 8.83. The van der Waals surface area contributed by atoms with E-state index in [1.54, 1.807) is 0 Å². The number of rotatable bonds is 8. The van der Waals surface area contributed by atoms with Crippen molar-refractivity contribution in [2.24, 2.45) is 5.92 Å². The number of nitro benzene ring substituents is 1. The second-order valence-electron chi connectivity index (χ2n) is 6.83. The second-order valence-corrected chi connectivity index (χ2v) is 8.51. The Bertz CT molecular complexity index is 970. The lowest BCUT2D eigenvalue weighted by Crippen LogP contribution is -2.25. The first kappa shape index (κ1) is 21.4. The van der Waals surface area contributed by atoms with E-state index in [1.165, 1.54) is 43.3 Å². The van der Waals surface area contributed by atoms with Crippen molar-refractivity contribution in [1.29, 1.82) is 0 Å². The third-order valence-corrected chi connectivity index (χ3v) is 5.47. The van der Waals surface area contributed by atoms with Crippen molar-refractivity contribution in [3.63, 3.8) is 0 Å². The fraction of sp³-hybridized carbons (Fsp3) is 0.316. The van der Waals surface area contributed by atoms with Crippen molar-refractivity contribution in [2.75, 3.05) is 11.3 Å². The van der Waals surface area contributed by atoms with Crippen molar-refractivity contribution in [2.45, 2.75) is 32.1 Å². The molecule has 0 aliphatic heterocycles.